The van der Waals surface area contributed by atoms with Crippen molar-refractivity contribution in [1.29, 1.82) is 0 Å². The predicted molar refractivity (Wildman–Crippen MR) is 63.3 cm³/mol. The second kappa shape index (κ2) is 6.03. The maximum absolute atomic E-state index is 11.8. The molecule has 0 aromatic rings. The van der Waals surface area contributed by atoms with Crippen LogP contribution < -0.4 is 0 Å². The molecule has 1 aliphatic carbocycles. The van der Waals surface area contributed by atoms with Crippen molar-refractivity contribution in [2.45, 2.75) is 59.2 Å². The zero-order chi connectivity index (χ0) is 13.0. The fourth-order valence-corrected chi connectivity index (χ4v) is 2.16. The maximum atomic E-state index is 11.8. The van der Waals surface area contributed by atoms with E-state index in [1.807, 2.05) is 27.7 Å². The van der Waals surface area contributed by atoms with Gasteiger partial charge in [0.2, 0.25) is 0 Å². The lowest BCUT2D eigenvalue weighted by atomic mass is 9.96. The molecule has 1 rings (SSSR count). The Labute approximate surface area is 103 Å². The highest BCUT2D eigenvalue weighted by Crippen LogP contribution is 2.34. The topological polar surface area (TPSA) is 52.6 Å². The van der Waals surface area contributed by atoms with Gasteiger partial charge in [-0.05, 0) is 40.5 Å². The van der Waals surface area contributed by atoms with Gasteiger partial charge in [-0.2, -0.15) is 0 Å². The van der Waals surface area contributed by atoms with Crippen molar-refractivity contribution in [3.8, 4) is 0 Å². The Morgan fingerprint density at radius 2 is 1.24 bits per heavy atom. The molecule has 1 saturated carbocycles. The van der Waals surface area contributed by atoms with E-state index in [0.29, 0.717) is 0 Å². The lowest BCUT2D eigenvalue weighted by Gasteiger charge is -2.19. The second-order valence-corrected chi connectivity index (χ2v) is 5.12. The molecule has 0 amide bonds. The van der Waals surface area contributed by atoms with Gasteiger partial charge in [-0.25, -0.2) is 0 Å². The third-order valence-corrected chi connectivity index (χ3v) is 2.83. The smallest absolute Gasteiger partial charge is 0.310 e. The summed E-state index contributed by atoms with van der Waals surface area (Å²) >= 11 is 0. The van der Waals surface area contributed by atoms with Crippen LogP contribution in [0.15, 0.2) is 0 Å². The van der Waals surface area contributed by atoms with Gasteiger partial charge in [-0.1, -0.05) is 6.42 Å². The summed E-state index contributed by atoms with van der Waals surface area (Å²) in [6.07, 6.45) is 2.07. The lowest BCUT2D eigenvalue weighted by molar-refractivity contribution is -0.163. The van der Waals surface area contributed by atoms with Gasteiger partial charge in [0.1, 0.15) is 0 Å². The average molecular weight is 242 g/mol. The van der Waals surface area contributed by atoms with Crippen molar-refractivity contribution >= 4 is 11.9 Å². The van der Waals surface area contributed by atoms with Crippen LogP contribution >= 0.6 is 0 Å². The van der Waals surface area contributed by atoms with Gasteiger partial charge in [0.25, 0.3) is 0 Å². The molecule has 0 spiro atoms. The van der Waals surface area contributed by atoms with Crippen LogP contribution in [0.5, 0.6) is 0 Å². The normalized spacial score (nSPS) is 24.1. The van der Waals surface area contributed by atoms with E-state index in [-0.39, 0.29) is 36.0 Å². The molecule has 2 atom stereocenters. The molecule has 0 radical (unpaired) electrons. The molecule has 0 N–H and O–H groups in total. The summed E-state index contributed by atoms with van der Waals surface area (Å²) in [7, 11) is 0. The SMILES string of the molecule is CC(C)OC(=O)C1CCCC1C(=O)OC(C)C. The molecule has 0 aromatic carbocycles. The minimum atomic E-state index is -0.316. The third-order valence-electron chi connectivity index (χ3n) is 2.83. The first-order valence-corrected chi connectivity index (χ1v) is 6.32. The molecular weight excluding hydrogens is 220 g/mol. The van der Waals surface area contributed by atoms with Crippen LogP contribution in [0.25, 0.3) is 0 Å². The Kier molecular flexibility index (Phi) is 4.97. The van der Waals surface area contributed by atoms with Gasteiger partial charge in [-0.3, -0.25) is 9.59 Å². The number of rotatable bonds is 4. The minimum absolute atomic E-state index is 0.134. The van der Waals surface area contributed by atoms with Gasteiger partial charge in [0, 0.05) is 0 Å². The van der Waals surface area contributed by atoms with Crippen LogP contribution in [0, 0.1) is 11.8 Å². The van der Waals surface area contributed by atoms with Crippen molar-refractivity contribution < 1.29 is 19.1 Å². The van der Waals surface area contributed by atoms with E-state index in [4.69, 9.17) is 9.47 Å². The van der Waals surface area contributed by atoms with Crippen molar-refractivity contribution in [1.82, 2.24) is 0 Å². The maximum Gasteiger partial charge on any atom is 0.310 e. The third kappa shape index (κ3) is 4.02. The minimum Gasteiger partial charge on any atom is -0.463 e. The number of esters is 2. The first-order chi connectivity index (χ1) is 7.91. The van der Waals surface area contributed by atoms with Crippen LogP contribution in [0.1, 0.15) is 47.0 Å². The summed E-state index contributed by atoms with van der Waals surface area (Å²) in [6.45, 7) is 7.26. The van der Waals surface area contributed by atoms with Crippen LogP contribution in [0.4, 0.5) is 0 Å². The van der Waals surface area contributed by atoms with E-state index in [0.717, 1.165) is 19.3 Å². The summed E-state index contributed by atoms with van der Waals surface area (Å²) < 4.78 is 10.3. The first-order valence-electron chi connectivity index (χ1n) is 6.32. The number of hydrogen-bond acceptors (Lipinski definition) is 4. The zero-order valence-corrected chi connectivity index (χ0v) is 11.1. The molecule has 2 unspecified atom stereocenters. The molecule has 0 heterocycles. The highest BCUT2D eigenvalue weighted by Gasteiger charge is 2.40. The molecule has 0 saturated heterocycles. The van der Waals surface area contributed by atoms with Crippen LogP contribution in [-0.2, 0) is 19.1 Å². The van der Waals surface area contributed by atoms with Gasteiger partial charge in [0.05, 0.1) is 24.0 Å². The summed E-state index contributed by atoms with van der Waals surface area (Å²) in [4.78, 5) is 23.7. The van der Waals surface area contributed by atoms with Gasteiger partial charge in [-0.15, -0.1) is 0 Å². The second-order valence-electron chi connectivity index (χ2n) is 5.12. The first kappa shape index (κ1) is 14.0. The molecule has 4 heteroatoms. The summed E-state index contributed by atoms with van der Waals surface area (Å²) in [5.41, 5.74) is 0. The molecule has 0 aromatic heterocycles. The zero-order valence-electron chi connectivity index (χ0n) is 11.1. The van der Waals surface area contributed by atoms with Gasteiger partial charge >= 0.3 is 11.9 Å². The summed E-state index contributed by atoms with van der Waals surface area (Å²) in [5.74, 6) is -1.15. The van der Waals surface area contributed by atoms with E-state index < -0.39 is 0 Å². The van der Waals surface area contributed by atoms with Crippen molar-refractivity contribution in [3.05, 3.63) is 0 Å². The fourth-order valence-electron chi connectivity index (χ4n) is 2.16. The van der Waals surface area contributed by atoms with Crippen molar-refractivity contribution in [2.24, 2.45) is 11.8 Å². The Bertz CT molecular complexity index is 255. The number of ether oxygens (including phenoxy) is 2. The summed E-state index contributed by atoms with van der Waals surface area (Å²) in [5, 5.41) is 0. The molecule has 17 heavy (non-hydrogen) atoms. The van der Waals surface area contributed by atoms with Crippen molar-refractivity contribution in [3.63, 3.8) is 0 Å². The monoisotopic (exact) mass is 242 g/mol. The molecule has 0 bridgehead atoms. The van der Waals surface area contributed by atoms with E-state index in [2.05, 4.69) is 0 Å². The summed E-state index contributed by atoms with van der Waals surface area (Å²) in [6, 6.07) is 0. The Morgan fingerprint density at radius 3 is 1.53 bits per heavy atom. The van der Waals surface area contributed by atoms with Gasteiger partial charge in [0.15, 0.2) is 0 Å². The molecule has 4 nitrogen and oxygen atoms in total. The predicted octanol–water partition coefficient (Wildman–Crippen LogP) is 2.31. The number of carbonyl (C=O) groups excluding carboxylic acids is 2. The highest BCUT2D eigenvalue weighted by molar-refractivity contribution is 5.82. The molecule has 1 fully saturated rings. The standard InChI is InChI=1S/C13H22O4/c1-8(2)16-12(14)10-6-5-7-11(10)13(15)17-9(3)4/h8-11H,5-7H2,1-4H3. The van der Waals surface area contributed by atoms with E-state index in [1.54, 1.807) is 0 Å². The lowest BCUT2D eigenvalue weighted by Crippen LogP contribution is -2.31. The fraction of sp³-hybridized carbons (Fsp3) is 0.846. The van der Waals surface area contributed by atoms with Gasteiger partial charge < -0.3 is 9.47 Å². The molecule has 1 aliphatic rings. The van der Waals surface area contributed by atoms with E-state index >= 15 is 0 Å². The van der Waals surface area contributed by atoms with Crippen LogP contribution in [-0.4, -0.2) is 24.1 Å². The Balaban J connectivity index is 2.59. The quantitative estimate of drug-likeness (QED) is 0.710. The molecule has 0 aliphatic heterocycles. The largest absolute Gasteiger partial charge is 0.463 e. The average Bonchev–Trinajstić information content (AvgIpc) is 2.63. The molecular formula is C13H22O4. The number of hydrogen-bond donors (Lipinski definition) is 0. The highest BCUT2D eigenvalue weighted by atomic mass is 16.6. The van der Waals surface area contributed by atoms with Crippen LogP contribution in [0.3, 0.4) is 0 Å². The van der Waals surface area contributed by atoms with Crippen molar-refractivity contribution in [2.75, 3.05) is 0 Å². The number of carbonyl (C=O) groups is 2. The van der Waals surface area contributed by atoms with Crippen LogP contribution in [0.2, 0.25) is 0 Å². The molecule has 98 valence electrons. The Morgan fingerprint density at radius 1 is 0.882 bits per heavy atom. The Hall–Kier alpha value is -1.06. The van der Waals surface area contributed by atoms with E-state index in [9.17, 15) is 9.59 Å². The van der Waals surface area contributed by atoms with E-state index in [1.165, 1.54) is 0 Å².